The summed E-state index contributed by atoms with van der Waals surface area (Å²) in [6.45, 7) is 1.53. The van der Waals surface area contributed by atoms with Crippen molar-refractivity contribution in [1.29, 1.82) is 0 Å². The molecule has 1 amide bonds. The van der Waals surface area contributed by atoms with Gasteiger partial charge < -0.3 is 9.88 Å². The van der Waals surface area contributed by atoms with Crippen molar-refractivity contribution in [2.75, 3.05) is 13.6 Å². The van der Waals surface area contributed by atoms with Crippen LogP contribution in [0.3, 0.4) is 0 Å². The molecule has 0 unspecified atom stereocenters. The lowest BCUT2D eigenvalue weighted by atomic mass is 10.1. The number of sulfonamides is 1. The van der Waals surface area contributed by atoms with Crippen molar-refractivity contribution in [1.82, 2.24) is 19.2 Å². The highest BCUT2D eigenvalue weighted by Crippen LogP contribution is 2.19. The normalized spacial score (nSPS) is 11.6. The van der Waals surface area contributed by atoms with Gasteiger partial charge in [-0.1, -0.05) is 23.7 Å². The molecule has 7 nitrogen and oxygen atoms in total. The van der Waals surface area contributed by atoms with Gasteiger partial charge in [0.2, 0.25) is 10.0 Å². The third-order valence-electron chi connectivity index (χ3n) is 4.58. The van der Waals surface area contributed by atoms with Crippen LogP contribution in [0.25, 0.3) is 0 Å². The molecule has 0 fully saturated rings. The van der Waals surface area contributed by atoms with Crippen LogP contribution in [-0.2, 0) is 23.1 Å². The number of carbonyl (C=O) groups excluding carboxylic acids is 1. The van der Waals surface area contributed by atoms with Crippen molar-refractivity contribution < 1.29 is 13.2 Å². The Morgan fingerprint density at radius 3 is 2.47 bits per heavy atom. The molecular weight excluding hydrogens is 424 g/mol. The zero-order chi connectivity index (χ0) is 21.6. The van der Waals surface area contributed by atoms with E-state index in [1.54, 1.807) is 48.9 Å². The Hall–Kier alpha value is -2.68. The van der Waals surface area contributed by atoms with E-state index in [2.05, 4.69) is 10.3 Å². The lowest BCUT2D eigenvalue weighted by Crippen LogP contribution is -2.27. The maximum atomic E-state index is 12.7. The number of benzene rings is 2. The maximum absolute atomic E-state index is 12.7. The Morgan fingerprint density at radius 1 is 1.13 bits per heavy atom. The van der Waals surface area contributed by atoms with E-state index in [0.29, 0.717) is 17.1 Å². The second kappa shape index (κ2) is 9.88. The predicted molar refractivity (Wildman–Crippen MR) is 116 cm³/mol. The quantitative estimate of drug-likeness (QED) is 0.511. The molecule has 0 bridgehead atoms. The number of halogens is 1. The lowest BCUT2D eigenvalue weighted by Gasteiger charge is -2.17. The van der Waals surface area contributed by atoms with Gasteiger partial charge in [0, 0.05) is 49.7 Å². The number of carbonyl (C=O) groups is 1. The molecule has 1 N–H and O–H groups in total. The summed E-state index contributed by atoms with van der Waals surface area (Å²) in [6, 6.07) is 13.0. The van der Waals surface area contributed by atoms with Crippen molar-refractivity contribution in [2.24, 2.45) is 0 Å². The molecule has 0 spiro atoms. The molecule has 0 aliphatic carbocycles. The van der Waals surface area contributed by atoms with Gasteiger partial charge in [0.25, 0.3) is 5.91 Å². The van der Waals surface area contributed by atoms with Gasteiger partial charge in [0.1, 0.15) is 0 Å². The molecule has 30 heavy (non-hydrogen) atoms. The highest BCUT2D eigenvalue weighted by Gasteiger charge is 2.20. The predicted octanol–water partition coefficient (Wildman–Crippen LogP) is 3.18. The molecule has 0 aliphatic heterocycles. The van der Waals surface area contributed by atoms with Crippen LogP contribution >= 0.6 is 11.6 Å². The largest absolute Gasteiger partial charge is 0.352 e. The minimum atomic E-state index is -3.63. The summed E-state index contributed by atoms with van der Waals surface area (Å²) in [5.41, 5.74) is 1.32. The first-order chi connectivity index (χ1) is 14.4. The van der Waals surface area contributed by atoms with Crippen molar-refractivity contribution in [3.8, 4) is 0 Å². The minimum Gasteiger partial charge on any atom is -0.352 e. The fourth-order valence-electron chi connectivity index (χ4n) is 2.87. The zero-order valence-corrected chi connectivity index (χ0v) is 18.1. The van der Waals surface area contributed by atoms with E-state index in [1.165, 1.54) is 23.5 Å². The molecule has 0 radical (unpaired) electrons. The first kappa shape index (κ1) is 22.0. The van der Waals surface area contributed by atoms with E-state index in [4.69, 9.17) is 11.6 Å². The van der Waals surface area contributed by atoms with E-state index in [1.807, 2.05) is 10.8 Å². The van der Waals surface area contributed by atoms with E-state index in [0.717, 1.165) is 18.5 Å². The third kappa shape index (κ3) is 5.69. The third-order valence-corrected chi connectivity index (χ3v) is 6.65. The molecular formula is C21H23ClN4O3S. The van der Waals surface area contributed by atoms with E-state index < -0.39 is 10.0 Å². The van der Waals surface area contributed by atoms with Gasteiger partial charge in [0.15, 0.2) is 0 Å². The first-order valence-electron chi connectivity index (χ1n) is 9.41. The smallest absolute Gasteiger partial charge is 0.251 e. The molecule has 0 atom stereocenters. The Morgan fingerprint density at radius 2 is 1.83 bits per heavy atom. The van der Waals surface area contributed by atoms with E-state index in [9.17, 15) is 13.2 Å². The van der Waals surface area contributed by atoms with Crippen LogP contribution in [0.4, 0.5) is 0 Å². The summed E-state index contributed by atoms with van der Waals surface area (Å²) in [6.07, 6.45) is 6.14. The average molecular weight is 447 g/mol. The van der Waals surface area contributed by atoms with Gasteiger partial charge in [0.05, 0.1) is 11.2 Å². The summed E-state index contributed by atoms with van der Waals surface area (Å²) in [4.78, 5) is 16.4. The molecule has 1 heterocycles. The summed E-state index contributed by atoms with van der Waals surface area (Å²) in [5.74, 6) is -0.158. The molecule has 0 saturated carbocycles. The Bertz CT molecular complexity index is 1070. The van der Waals surface area contributed by atoms with E-state index in [-0.39, 0.29) is 17.3 Å². The van der Waals surface area contributed by atoms with Crippen LogP contribution in [0.2, 0.25) is 5.02 Å². The van der Waals surface area contributed by atoms with Gasteiger partial charge in [-0.05, 0) is 48.4 Å². The molecule has 158 valence electrons. The molecule has 3 rings (SSSR count). The molecule has 3 aromatic rings. The van der Waals surface area contributed by atoms with E-state index >= 15 is 0 Å². The second-order valence-corrected chi connectivity index (χ2v) is 9.30. The lowest BCUT2D eigenvalue weighted by molar-refractivity contribution is 0.0952. The Labute approximate surface area is 181 Å². The summed E-state index contributed by atoms with van der Waals surface area (Å²) >= 11 is 5.83. The van der Waals surface area contributed by atoms with Gasteiger partial charge in [-0.3, -0.25) is 4.79 Å². The van der Waals surface area contributed by atoms with Crippen LogP contribution < -0.4 is 5.32 Å². The monoisotopic (exact) mass is 446 g/mol. The number of rotatable bonds is 9. The number of amides is 1. The van der Waals surface area contributed by atoms with Crippen molar-refractivity contribution in [3.63, 3.8) is 0 Å². The average Bonchev–Trinajstić information content (AvgIpc) is 3.25. The van der Waals surface area contributed by atoms with Gasteiger partial charge in [-0.25, -0.2) is 13.4 Å². The minimum absolute atomic E-state index is 0.158. The molecule has 0 saturated heterocycles. The number of aromatic nitrogens is 2. The first-order valence-corrected chi connectivity index (χ1v) is 11.2. The number of nitrogens with one attached hydrogen (secondary N) is 1. The summed E-state index contributed by atoms with van der Waals surface area (Å²) in [5, 5.41) is 3.36. The topological polar surface area (TPSA) is 84.3 Å². The Balaban J connectivity index is 1.53. The summed E-state index contributed by atoms with van der Waals surface area (Å²) < 4.78 is 28.6. The number of nitrogens with zero attached hydrogens (tertiary/aromatic N) is 3. The number of hydrogen-bond donors (Lipinski definition) is 1. The number of imidazole rings is 1. The molecule has 9 heteroatoms. The van der Waals surface area contributed by atoms with Crippen LogP contribution in [0, 0.1) is 0 Å². The van der Waals surface area contributed by atoms with Crippen molar-refractivity contribution in [2.45, 2.75) is 24.4 Å². The van der Waals surface area contributed by atoms with Gasteiger partial charge in [-0.2, -0.15) is 4.31 Å². The number of hydrogen-bond acceptors (Lipinski definition) is 4. The van der Waals surface area contributed by atoms with Crippen LogP contribution in [0.15, 0.2) is 72.1 Å². The zero-order valence-electron chi connectivity index (χ0n) is 16.5. The SMILES string of the molecule is CN(Cc1ccc(C(=O)NCCCn2ccnc2)cc1)S(=O)(=O)c1ccc(Cl)cc1. The molecule has 1 aromatic heterocycles. The van der Waals surface area contributed by atoms with Crippen LogP contribution in [0.5, 0.6) is 0 Å². The fourth-order valence-corrected chi connectivity index (χ4v) is 4.16. The highest BCUT2D eigenvalue weighted by atomic mass is 35.5. The fraction of sp³-hybridized carbons (Fsp3) is 0.238. The highest BCUT2D eigenvalue weighted by molar-refractivity contribution is 7.89. The van der Waals surface area contributed by atoms with Crippen LogP contribution in [-0.4, -0.2) is 41.8 Å². The summed E-state index contributed by atoms with van der Waals surface area (Å²) in [7, 11) is -2.11. The molecule has 0 aliphatic rings. The second-order valence-electron chi connectivity index (χ2n) is 6.82. The van der Waals surface area contributed by atoms with Gasteiger partial charge >= 0.3 is 0 Å². The van der Waals surface area contributed by atoms with Crippen molar-refractivity contribution >= 4 is 27.5 Å². The van der Waals surface area contributed by atoms with Crippen LogP contribution in [0.1, 0.15) is 22.3 Å². The van der Waals surface area contributed by atoms with Gasteiger partial charge in [-0.15, -0.1) is 0 Å². The standard InChI is InChI=1S/C21H23ClN4O3S/c1-25(30(28,29)20-9-7-19(22)8-10-20)15-17-3-5-18(6-4-17)21(27)24-11-2-13-26-14-12-23-16-26/h3-10,12,14,16H,2,11,13,15H2,1H3,(H,24,27). The van der Waals surface area contributed by atoms with Crippen molar-refractivity contribution in [3.05, 3.63) is 83.4 Å². The molecule has 2 aromatic carbocycles. The maximum Gasteiger partial charge on any atom is 0.251 e. The number of aryl methyl sites for hydroxylation is 1. The Kier molecular flexibility index (Phi) is 7.25.